The molecule has 0 bridgehead atoms. The van der Waals surface area contributed by atoms with E-state index in [-0.39, 0.29) is 0 Å². The normalized spacial score (nSPS) is 19.5. The molecule has 0 aromatic carbocycles. The first-order valence-electron chi connectivity index (χ1n) is 5.90. The number of hydrogen-bond acceptors (Lipinski definition) is 2. The van der Waals surface area contributed by atoms with Crippen molar-refractivity contribution in [2.75, 3.05) is 14.1 Å². The predicted octanol–water partition coefficient (Wildman–Crippen LogP) is 2.50. The highest BCUT2D eigenvalue weighted by Gasteiger charge is 2.36. The molecule has 0 aliphatic heterocycles. The molecule has 16 heavy (non-hydrogen) atoms. The van der Waals surface area contributed by atoms with Gasteiger partial charge in [0, 0.05) is 18.3 Å². The molecule has 0 atom stereocenters. The standard InChI is InChI=1S/C12H20ClN3/c1-15(2)12(5-3-4-6-12)9-16-10-14-8-11(16)7-13/h8,10H,3-7,9H2,1-2H3. The van der Waals surface area contributed by atoms with Crippen LogP contribution in [0, 0.1) is 0 Å². The van der Waals surface area contributed by atoms with E-state index in [2.05, 4.69) is 28.5 Å². The Balaban J connectivity index is 2.18. The third-order valence-electron chi connectivity index (χ3n) is 3.88. The molecule has 0 spiro atoms. The zero-order chi connectivity index (χ0) is 11.6. The molecule has 1 aliphatic carbocycles. The van der Waals surface area contributed by atoms with E-state index in [4.69, 9.17) is 11.6 Å². The quantitative estimate of drug-likeness (QED) is 0.756. The molecule has 1 aliphatic rings. The van der Waals surface area contributed by atoms with Gasteiger partial charge in [0.25, 0.3) is 0 Å². The van der Waals surface area contributed by atoms with Crippen molar-refractivity contribution in [2.24, 2.45) is 0 Å². The van der Waals surface area contributed by atoms with E-state index in [9.17, 15) is 0 Å². The van der Waals surface area contributed by atoms with Crippen molar-refractivity contribution in [1.82, 2.24) is 14.5 Å². The number of rotatable bonds is 4. The van der Waals surface area contributed by atoms with Crippen molar-refractivity contribution >= 4 is 11.6 Å². The smallest absolute Gasteiger partial charge is 0.0949 e. The Kier molecular flexibility index (Phi) is 3.55. The minimum Gasteiger partial charge on any atom is -0.332 e. The Bertz CT molecular complexity index is 340. The number of halogens is 1. The summed E-state index contributed by atoms with van der Waals surface area (Å²) >= 11 is 5.91. The Morgan fingerprint density at radius 3 is 2.69 bits per heavy atom. The van der Waals surface area contributed by atoms with Crippen LogP contribution < -0.4 is 0 Å². The van der Waals surface area contributed by atoms with Crippen LogP contribution >= 0.6 is 11.6 Å². The monoisotopic (exact) mass is 241 g/mol. The van der Waals surface area contributed by atoms with Crippen molar-refractivity contribution < 1.29 is 0 Å². The first-order chi connectivity index (χ1) is 7.68. The van der Waals surface area contributed by atoms with Gasteiger partial charge in [-0.3, -0.25) is 0 Å². The molecule has 2 rings (SSSR count). The zero-order valence-electron chi connectivity index (χ0n) is 10.1. The fourth-order valence-electron chi connectivity index (χ4n) is 2.70. The molecule has 0 radical (unpaired) electrons. The van der Waals surface area contributed by atoms with Crippen molar-refractivity contribution in [3.63, 3.8) is 0 Å². The Morgan fingerprint density at radius 1 is 1.44 bits per heavy atom. The van der Waals surface area contributed by atoms with Crippen LogP contribution in [-0.4, -0.2) is 34.1 Å². The highest BCUT2D eigenvalue weighted by Crippen LogP contribution is 2.35. The van der Waals surface area contributed by atoms with Gasteiger partial charge in [-0.2, -0.15) is 0 Å². The summed E-state index contributed by atoms with van der Waals surface area (Å²) in [6, 6.07) is 0. The van der Waals surface area contributed by atoms with Gasteiger partial charge in [-0.15, -0.1) is 11.6 Å². The maximum atomic E-state index is 5.91. The van der Waals surface area contributed by atoms with E-state index in [1.807, 2.05) is 12.5 Å². The second kappa shape index (κ2) is 4.76. The SMILES string of the molecule is CN(C)C1(Cn2cncc2CCl)CCCC1. The van der Waals surface area contributed by atoms with Gasteiger partial charge < -0.3 is 9.47 Å². The summed E-state index contributed by atoms with van der Waals surface area (Å²) in [5.74, 6) is 0.545. The Hall–Kier alpha value is -0.540. The van der Waals surface area contributed by atoms with Gasteiger partial charge in [0.1, 0.15) is 0 Å². The lowest BCUT2D eigenvalue weighted by Gasteiger charge is -2.37. The van der Waals surface area contributed by atoms with Crippen LogP contribution in [-0.2, 0) is 12.4 Å². The van der Waals surface area contributed by atoms with Crippen LogP contribution in [0.4, 0.5) is 0 Å². The molecule has 1 heterocycles. The molecule has 1 aromatic rings. The Labute approximate surface area is 102 Å². The molecule has 0 saturated heterocycles. The van der Waals surface area contributed by atoms with Gasteiger partial charge in [-0.25, -0.2) is 4.98 Å². The van der Waals surface area contributed by atoms with Crippen LogP contribution in [0.25, 0.3) is 0 Å². The first-order valence-corrected chi connectivity index (χ1v) is 6.44. The molecule has 4 heteroatoms. The fourth-order valence-corrected chi connectivity index (χ4v) is 2.92. The van der Waals surface area contributed by atoms with Crippen molar-refractivity contribution in [3.8, 4) is 0 Å². The minimum atomic E-state index is 0.307. The molecule has 3 nitrogen and oxygen atoms in total. The first kappa shape index (κ1) is 11.9. The average molecular weight is 242 g/mol. The third-order valence-corrected chi connectivity index (χ3v) is 4.16. The lowest BCUT2D eigenvalue weighted by atomic mass is 9.96. The summed E-state index contributed by atoms with van der Waals surface area (Å²) in [6.07, 6.45) is 9.00. The Morgan fingerprint density at radius 2 is 2.12 bits per heavy atom. The van der Waals surface area contributed by atoms with Crippen molar-refractivity contribution in [2.45, 2.75) is 43.6 Å². The maximum absolute atomic E-state index is 5.91. The molecule has 0 unspecified atom stereocenters. The molecular formula is C12H20ClN3. The number of nitrogens with zero attached hydrogens (tertiary/aromatic N) is 3. The van der Waals surface area contributed by atoms with Crippen LogP contribution in [0.5, 0.6) is 0 Å². The molecule has 0 N–H and O–H groups in total. The van der Waals surface area contributed by atoms with Crippen LogP contribution in [0.3, 0.4) is 0 Å². The lowest BCUT2D eigenvalue weighted by Crippen LogP contribution is -2.45. The topological polar surface area (TPSA) is 21.1 Å². The molecule has 1 aromatic heterocycles. The van der Waals surface area contributed by atoms with Gasteiger partial charge in [0.05, 0.1) is 17.9 Å². The van der Waals surface area contributed by atoms with E-state index >= 15 is 0 Å². The summed E-state index contributed by atoms with van der Waals surface area (Å²) in [4.78, 5) is 6.56. The summed E-state index contributed by atoms with van der Waals surface area (Å²) in [5, 5.41) is 0. The zero-order valence-corrected chi connectivity index (χ0v) is 10.9. The van der Waals surface area contributed by atoms with Crippen LogP contribution in [0.15, 0.2) is 12.5 Å². The van der Waals surface area contributed by atoms with E-state index in [1.165, 1.54) is 25.7 Å². The van der Waals surface area contributed by atoms with Gasteiger partial charge in [0.15, 0.2) is 0 Å². The number of imidazole rings is 1. The number of likely N-dealkylation sites (N-methyl/N-ethyl adjacent to an activating group) is 1. The van der Waals surface area contributed by atoms with Crippen LogP contribution in [0.2, 0.25) is 0 Å². The van der Waals surface area contributed by atoms with Crippen LogP contribution in [0.1, 0.15) is 31.4 Å². The number of aromatic nitrogens is 2. The van der Waals surface area contributed by atoms with E-state index in [0.29, 0.717) is 11.4 Å². The highest BCUT2D eigenvalue weighted by atomic mass is 35.5. The maximum Gasteiger partial charge on any atom is 0.0949 e. The van der Waals surface area contributed by atoms with Crippen molar-refractivity contribution in [1.29, 1.82) is 0 Å². The average Bonchev–Trinajstić information content (AvgIpc) is 2.88. The highest BCUT2D eigenvalue weighted by molar-refractivity contribution is 6.16. The van der Waals surface area contributed by atoms with Gasteiger partial charge in [0.2, 0.25) is 0 Å². The minimum absolute atomic E-state index is 0.307. The van der Waals surface area contributed by atoms with Gasteiger partial charge in [-0.1, -0.05) is 12.8 Å². The molecule has 1 saturated carbocycles. The van der Waals surface area contributed by atoms with Crippen molar-refractivity contribution in [3.05, 3.63) is 18.2 Å². The summed E-state index contributed by atoms with van der Waals surface area (Å²) in [6.45, 7) is 1.02. The summed E-state index contributed by atoms with van der Waals surface area (Å²) in [7, 11) is 4.37. The largest absolute Gasteiger partial charge is 0.332 e. The lowest BCUT2D eigenvalue weighted by molar-refractivity contribution is 0.133. The predicted molar refractivity (Wildman–Crippen MR) is 66.7 cm³/mol. The second-order valence-electron chi connectivity index (χ2n) is 4.97. The molecule has 1 fully saturated rings. The summed E-state index contributed by atoms with van der Waals surface area (Å²) in [5.41, 5.74) is 1.43. The second-order valence-corrected chi connectivity index (χ2v) is 5.24. The number of hydrogen-bond donors (Lipinski definition) is 0. The fraction of sp³-hybridized carbons (Fsp3) is 0.750. The third kappa shape index (κ3) is 2.11. The molecular weight excluding hydrogens is 222 g/mol. The van der Waals surface area contributed by atoms with E-state index in [1.54, 1.807) is 0 Å². The molecule has 90 valence electrons. The van der Waals surface area contributed by atoms with E-state index in [0.717, 1.165) is 12.2 Å². The van der Waals surface area contributed by atoms with Gasteiger partial charge >= 0.3 is 0 Å². The van der Waals surface area contributed by atoms with E-state index < -0.39 is 0 Å². The van der Waals surface area contributed by atoms with Gasteiger partial charge in [-0.05, 0) is 26.9 Å². The summed E-state index contributed by atoms with van der Waals surface area (Å²) < 4.78 is 2.21. The molecule has 0 amide bonds. The number of alkyl halides is 1.